The average Bonchev–Trinajstić information content (AvgIpc) is 3.14. The largest absolute Gasteiger partial charge is 0.361 e. The Balaban J connectivity index is 1.55. The number of rotatable bonds is 7. The van der Waals surface area contributed by atoms with Gasteiger partial charge in [0.2, 0.25) is 5.91 Å². The highest BCUT2D eigenvalue weighted by Crippen LogP contribution is 2.34. The van der Waals surface area contributed by atoms with E-state index >= 15 is 0 Å². The summed E-state index contributed by atoms with van der Waals surface area (Å²) in [4.78, 5) is 20.9. The number of amides is 1. The molecule has 6 heteroatoms. The number of carbonyl (C=O) groups is 1. The Kier molecular flexibility index (Phi) is 5.04. The summed E-state index contributed by atoms with van der Waals surface area (Å²) in [6, 6.07) is 12.9. The Morgan fingerprint density at radius 1 is 1.15 bits per heavy atom. The molecule has 4 nitrogen and oxygen atoms in total. The number of hydrogen-bond donors (Lipinski definition) is 0. The third kappa shape index (κ3) is 3.97. The van der Waals surface area contributed by atoms with Crippen LogP contribution >= 0.6 is 22.7 Å². The van der Waals surface area contributed by atoms with Crippen LogP contribution in [0.1, 0.15) is 31.0 Å². The van der Waals surface area contributed by atoms with E-state index in [1.807, 2.05) is 11.0 Å². The molecule has 0 spiro atoms. The van der Waals surface area contributed by atoms with Gasteiger partial charge in [-0.1, -0.05) is 18.2 Å². The van der Waals surface area contributed by atoms with Gasteiger partial charge in [0.25, 0.3) is 0 Å². The standard InChI is InChI=1S/C20H21N3OS2/c1-15(24)23(19-7-8-19)20-21-17(14-26-20)12-22(11-16-9-10-25-13-16)18-5-3-2-4-6-18/h2-6,9-10,13-14,19H,7-8,11-12H2,1H3. The van der Waals surface area contributed by atoms with Crippen molar-refractivity contribution in [3.05, 3.63) is 63.8 Å². The van der Waals surface area contributed by atoms with Crippen molar-refractivity contribution in [1.29, 1.82) is 0 Å². The van der Waals surface area contributed by atoms with E-state index in [2.05, 4.69) is 51.4 Å². The van der Waals surface area contributed by atoms with E-state index in [1.54, 1.807) is 29.6 Å². The minimum atomic E-state index is 0.0894. The second kappa shape index (κ2) is 7.60. The van der Waals surface area contributed by atoms with Gasteiger partial charge in [-0.25, -0.2) is 4.98 Å². The zero-order valence-corrected chi connectivity index (χ0v) is 16.3. The second-order valence-corrected chi connectivity index (χ2v) is 8.18. The predicted molar refractivity (Wildman–Crippen MR) is 109 cm³/mol. The highest BCUT2D eigenvalue weighted by Gasteiger charge is 2.33. The number of para-hydroxylation sites is 1. The predicted octanol–water partition coefficient (Wildman–Crippen LogP) is 4.93. The number of benzene rings is 1. The van der Waals surface area contributed by atoms with E-state index in [4.69, 9.17) is 4.98 Å². The number of thiazole rings is 1. The van der Waals surface area contributed by atoms with Gasteiger partial charge < -0.3 is 4.90 Å². The maximum absolute atomic E-state index is 12.0. The van der Waals surface area contributed by atoms with E-state index in [1.165, 1.54) is 11.3 Å². The molecule has 0 saturated heterocycles. The Bertz CT molecular complexity index is 856. The summed E-state index contributed by atoms with van der Waals surface area (Å²) in [6.45, 7) is 3.21. The van der Waals surface area contributed by atoms with Gasteiger partial charge in [-0.05, 0) is 47.4 Å². The molecule has 3 aromatic rings. The van der Waals surface area contributed by atoms with Crippen molar-refractivity contribution in [2.45, 2.75) is 38.9 Å². The van der Waals surface area contributed by atoms with Crippen molar-refractivity contribution in [3.8, 4) is 0 Å². The molecular formula is C20H21N3OS2. The fraction of sp³-hybridized carbons (Fsp3) is 0.300. The molecule has 1 aliphatic carbocycles. The smallest absolute Gasteiger partial charge is 0.225 e. The molecule has 0 atom stereocenters. The number of nitrogens with zero attached hydrogens (tertiary/aromatic N) is 3. The molecular weight excluding hydrogens is 362 g/mol. The zero-order chi connectivity index (χ0) is 17.9. The maximum Gasteiger partial charge on any atom is 0.225 e. The maximum atomic E-state index is 12.0. The summed E-state index contributed by atoms with van der Waals surface area (Å²) in [6.07, 6.45) is 2.17. The molecule has 1 aliphatic rings. The SMILES string of the molecule is CC(=O)N(c1nc(CN(Cc2ccsc2)c2ccccc2)cs1)C1CC1. The van der Waals surface area contributed by atoms with Crippen LogP contribution in [0.25, 0.3) is 0 Å². The van der Waals surface area contributed by atoms with Gasteiger partial charge in [-0.3, -0.25) is 9.69 Å². The fourth-order valence-electron chi connectivity index (χ4n) is 3.04. The van der Waals surface area contributed by atoms with Crippen molar-refractivity contribution >= 4 is 39.4 Å². The van der Waals surface area contributed by atoms with E-state index in [9.17, 15) is 4.79 Å². The van der Waals surface area contributed by atoms with Crippen LogP contribution in [0.15, 0.2) is 52.5 Å². The first-order valence-electron chi connectivity index (χ1n) is 8.76. The molecule has 0 radical (unpaired) electrons. The molecule has 2 heterocycles. The first-order chi connectivity index (χ1) is 12.7. The molecule has 134 valence electrons. The summed E-state index contributed by atoms with van der Waals surface area (Å²) >= 11 is 3.29. The summed E-state index contributed by atoms with van der Waals surface area (Å²) < 4.78 is 0. The van der Waals surface area contributed by atoms with E-state index in [-0.39, 0.29) is 5.91 Å². The van der Waals surface area contributed by atoms with Crippen molar-refractivity contribution in [2.75, 3.05) is 9.80 Å². The minimum Gasteiger partial charge on any atom is -0.361 e. The Hall–Kier alpha value is -2.18. The van der Waals surface area contributed by atoms with Crippen LogP contribution in [-0.4, -0.2) is 16.9 Å². The van der Waals surface area contributed by atoms with Gasteiger partial charge in [0, 0.05) is 30.6 Å². The number of thiophene rings is 1. The summed E-state index contributed by atoms with van der Waals surface area (Å²) in [5, 5.41) is 7.21. The monoisotopic (exact) mass is 383 g/mol. The highest BCUT2D eigenvalue weighted by molar-refractivity contribution is 7.14. The fourth-order valence-corrected chi connectivity index (χ4v) is 4.63. The molecule has 0 bridgehead atoms. The second-order valence-electron chi connectivity index (χ2n) is 6.56. The highest BCUT2D eigenvalue weighted by atomic mass is 32.1. The first-order valence-corrected chi connectivity index (χ1v) is 10.6. The molecule has 1 amide bonds. The van der Waals surface area contributed by atoms with Gasteiger partial charge in [0.05, 0.1) is 12.2 Å². The van der Waals surface area contributed by atoms with Crippen LogP contribution in [0.3, 0.4) is 0 Å². The number of aromatic nitrogens is 1. The molecule has 4 rings (SSSR count). The van der Waals surface area contributed by atoms with E-state index in [0.717, 1.165) is 36.8 Å². The van der Waals surface area contributed by atoms with Crippen molar-refractivity contribution < 1.29 is 4.79 Å². The van der Waals surface area contributed by atoms with Crippen molar-refractivity contribution in [1.82, 2.24) is 4.98 Å². The van der Waals surface area contributed by atoms with E-state index < -0.39 is 0 Å². The lowest BCUT2D eigenvalue weighted by Gasteiger charge is -2.24. The Morgan fingerprint density at radius 3 is 2.62 bits per heavy atom. The number of hydrogen-bond acceptors (Lipinski definition) is 5. The Labute approximate surface area is 161 Å². The molecule has 1 aromatic carbocycles. The minimum absolute atomic E-state index is 0.0894. The zero-order valence-electron chi connectivity index (χ0n) is 14.7. The molecule has 1 fully saturated rings. The molecule has 0 N–H and O–H groups in total. The van der Waals surface area contributed by atoms with Crippen LogP contribution in [0, 0.1) is 0 Å². The average molecular weight is 384 g/mol. The van der Waals surface area contributed by atoms with Crippen LogP contribution < -0.4 is 9.80 Å². The van der Waals surface area contributed by atoms with Crippen LogP contribution in [-0.2, 0) is 17.9 Å². The normalized spacial score (nSPS) is 13.6. The quantitative estimate of drug-likeness (QED) is 0.581. The van der Waals surface area contributed by atoms with Crippen LogP contribution in [0.2, 0.25) is 0 Å². The summed E-state index contributed by atoms with van der Waals surface area (Å²) in [5.41, 5.74) is 3.49. The van der Waals surface area contributed by atoms with Crippen LogP contribution in [0.5, 0.6) is 0 Å². The lowest BCUT2D eigenvalue weighted by Crippen LogP contribution is -2.30. The third-order valence-electron chi connectivity index (χ3n) is 4.42. The molecule has 0 unspecified atom stereocenters. The topological polar surface area (TPSA) is 36.4 Å². The molecule has 2 aromatic heterocycles. The van der Waals surface area contributed by atoms with Gasteiger partial charge >= 0.3 is 0 Å². The molecule has 0 aliphatic heterocycles. The molecule has 26 heavy (non-hydrogen) atoms. The van der Waals surface area contributed by atoms with Crippen molar-refractivity contribution in [2.24, 2.45) is 0 Å². The third-order valence-corrected chi connectivity index (χ3v) is 6.05. The summed E-state index contributed by atoms with van der Waals surface area (Å²) in [7, 11) is 0. The van der Waals surface area contributed by atoms with Gasteiger partial charge in [0.1, 0.15) is 0 Å². The van der Waals surface area contributed by atoms with Crippen LogP contribution in [0.4, 0.5) is 10.8 Å². The van der Waals surface area contributed by atoms with Crippen molar-refractivity contribution in [3.63, 3.8) is 0 Å². The van der Waals surface area contributed by atoms with E-state index in [0.29, 0.717) is 6.04 Å². The number of anilines is 2. The van der Waals surface area contributed by atoms with Gasteiger partial charge in [-0.15, -0.1) is 11.3 Å². The lowest BCUT2D eigenvalue weighted by molar-refractivity contribution is -0.116. The molecule has 1 saturated carbocycles. The van der Waals surface area contributed by atoms with Gasteiger partial charge in [-0.2, -0.15) is 11.3 Å². The summed E-state index contributed by atoms with van der Waals surface area (Å²) in [5.74, 6) is 0.0894. The lowest BCUT2D eigenvalue weighted by atomic mass is 10.2. The number of carbonyl (C=O) groups excluding carboxylic acids is 1. The van der Waals surface area contributed by atoms with Gasteiger partial charge in [0.15, 0.2) is 5.13 Å². The Morgan fingerprint density at radius 2 is 1.96 bits per heavy atom. The first kappa shape index (κ1) is 17.2.